The molecule has 0 aliphatic carbocycles. The van der Waals surface area contributed by atoms with Gasteiger partial charge in [-0.15, -0.1) is 11.3 Å². The molecular formula is C24H22ClFN4S. The molecule has 1 fully saturated rings. The van der Waals surface area contributed by atoms with Gasteiger partial charge in [-0.05, 0) is 49.7 Å². The number of aromatic nitrogens is 2. The van der Waals surface area contributed by atoms with Crippen molar-refractivity contribution in [3.8, 4) is 11.1 Å². The van der Waals surface area contributed by atoms with Crippen LogP contribution in [0.4, 0.5) is 15.9 Å². The van der Waals surface area contributed by atoms with Gasteiger partial charge in [-0.3, -0.25) is 0 Å². The molecule has 1 aliphatic rings. The highest BCUT2D eigenvalue weighted by Crippen LogP contribution is 2.42. The molecule has 0 N–H and O–H groups in total. The molecule has 2 aromatic heterocycles. The van der Waals surface area contributed by atoms with E-state index in [4.69, 9.17) is 21.6 Å². The van der Waals surface area contributed by atoms with Gasteiger partial charge in [-0.2, -0.15) is 0 Å². The van der Waals surface area contributed by atoms with Gasteiger partial charge in [-0.1, -0.05) is 29.8 Å². The number of benzene rings is 2. The van der Waals surface area contributed by atoms with Crippen molar-refractivity contribution in [1.82, 2.24) is 9.97 Å². The summed E-state index contributed by atoms with van der Waals surface area (Å²) in [6.07, 6.45) is 0. The molecule has 0 spiro atoms. The van der Waals surface area contributed by atoms with Crippen LogP contribution < -0.4 is 9.80 Å². The van der Waals surface area contributed by atoms with Crippen molar-refractivity contribution < 1.29 is 4.39 Å². The average molecular weight is 453 g/mol. The Labute approximate surface area is 189 Å². The molecule has 7 heteroatoms. The molecule has 2 aromatic carbocycles. The fourth-order valence-electron chi connectivity index (χ4n) is 4.24. The second-order valence-corrected chi connectivity index (χ2v) is 9.41. The summed E-state index contributed by atoms with van der Waals surface area (Å²) in [6, 6.07) is 14.7. The number of thiophene rings is 1. The first-order chi connectivity index (χ1) is 15.0. The minimum absolute atomic E-state index is 0.231. The Balaban J connectivity index is 1.52. The van der Waals surface area contributed by atoms with E-state index >= 15 is 0 Å². The summed E-state index contributed by atoms with van der Waals surface area (Å²) in [5.41, 5.74) is 3.25. The van der Waals surface area contributed by atoms with Gasteiger partial charge in [0.25, 0.3) is 0 Å². The molecule has 0 radical (unpaired) electrons. The van der Waals surface area contributed by atoms with E-state index in [0.29, 0.717) is 0 Å². The number of piperazine rings is 1. The zero-order valence-corrected chi connectivity index (χ0v) is 19.0. The number of fused-ring (bicyclic) bond motifs is 1. The molecule has 0 saturated carbocycles. The highest BCUT2D eigenvalue weighted by Gasteiger charge is 2.24. The predicted molar refractivity (Wildman–Crippen MR) is 128 cm³/mol. The summed E-state index contributed by atoms with van der Waals surface area (Å²) < 4.78 is 13.5. The van der Waals surface area contributed by atoms with E-state index in [0.717, 1.165) is 69.9 Å². The van der Waals surface area contributed by atoms with Crippen LogP contribution in [0.2, 0.25) is 5.02 Å². The van der Waals surface area contributed by atoms with Crippen LogP contribution in [0.15, 0.2) is 48.5 Å². The van der Waals surface area contributed by atoms with Gasteiger partial charge in [0.05, 0.1) is 5.39 Å². The Morgan fingerprint density at radius 2 is 1.65 bits per heavy atom. The smallest absolute Gasteiger partial charge is 0.141 e. The fraction of sp³-hybridized carbons (Fsp3) is 0.250. The minimum atomic E-state index is -0.231. The van der Waals surface area contributed by atoms with Crippen molar-refractivity contribution in [3.63, 3.8) is 0 Å². The molecule has 1 saturated heterocycles. The molecule has 5 rings (SSSR count). The van der Waals surface area contributed by atoms with E-state index in [1.807, 2.05) is 37.3 Å². The normalized spacial score (nSPS) is 14.5. The van der Waals surface area contributed by atoms with Crippen LogP contribution in [0.25, 0.3) is 21.3 Å². The van der Waals surface area contributed by atoms with Crippen molar-refractivity contribution >= 4 is 44.7 Å². The second kappa shape index (κ2) is 8.09. The summed E-state index contributed by atoms with van der Waals surface area (Å²) in [7, 11) is 0. The van der Waals surface area contributed by atoms with Gasteiger partial charge in [0.1, 0.15) is 22.3 Å². The summed E-state index contributed by atoms with van der Waals surface area (Å²) in [6.45, 7) is 7.53. The third kappa shape index (κ3) is 3.86. The summed E-state index contributed by atoms with van der Waals surface area (Å²) in [4.78, 5) is 16.4. The maximum absolute atomic E-state index is 13.5. The van der Waals surface area contributed by atoms with Crippen LogP contribution in [0.3, 0.4) is 0 Å². The van der Waals surface area contributed by atoms with Crippen LogP contribution in [0, 0.1) is 19.7 Å². The molecular weight excluding hydrogens is 431 g/mol. The van der Waals surface area contributed by atoms with Crippen LogP contribution in [0.1, 0.15) is 10.7 Å². The monoisotopic (exact) mass is 452 g/mol. The predicted octanol–water partition coefficient (Wildman–Crippen LogP) is 6.09. The molecule has 1 aliphatic heterocycles. The van der Waals surface area contributed by atoms with Crippen LogP contribution in [-0.2, 0) is 0 Å². The molecule has 4 aromatic rings. The molecule has 0 unspecified atom stereocenters. The number of halogens is 2. The zero-order valence-electron chi connectivity index (χ0n) is 17.4. The third-order valence-corrected chi connectivity index (χ3v) is 6.94. The number of anilines is 2. The van der Waals surface area contributed by atoms with E-state index < -0.39 is 0 Å². The van der Waals surface area contributed by atoms with Crippen molar-refractivity contribution in [2.24, 2.45) is 0 Å². The van der Waals surface area contributed by atoms with Gasteiger partial charge < -0.3 is 9.80 Å². The van der Waals surface area contributed by atoms with Crippen LogP contribution >= 0.6 is 22.9 Å². The molecule has 4 nitrogen and oxygen atoms in total. The standard InChI is InChI=1S/C24H22ClFN4S/c1-15-21(17-6-8-19(26)9-7-17)22-23(27-16(2)28-24(22)31-15)30-12-10-29(11-13-30)20-5-3-4-18(25)14-20/h3-9,14H,10-13H2,1-2H3. The maximum atomic E-state index is 13.5. The minimum Gasteiger partial charge on any atom is -0.368 e. The van der Waals surface area contributed by atoms with E-state index in [2.05, 4.69) is 22.8 Å². The number of hydrogen-bond donors (Lipinski definition) is 0. The van der Waals surface area contributed by atoms with E-state index in [9.17, 15) is 4.39 Å². The quantitative estimate of drug-likeness (QED) is 0.376. The highest BCUT2D eigenvalue weighted by molar-refractivity contribution is 7.19. The lowest BCUT2D eigenvalue weighted by Crippen LogP contribution is -2.47. The summed E-state index contributed by atoms with van der Waals surface area (Å²) in [5.74, 6) is 1.51. The molecule has 31 heavy (non-hydrogen) atoms. The van der Waals surface area contributed by atoms with E-state index in [-0.39, 0.29) is 5.82 Å². The number of hydrogen-bond acceptors (Lipinski definition) is 5. The van der Waals surface area contributed by atoms with E-state index in [1.165, 1.54) is 17.0 Å². The SMILES string of the molecule is Cc1nc(N2CCN(c3cccc(Cl)c3)CC2)c2c(-c3ccc(F)cc3)c(C)sc2n1. The number of aryl methyl sites for hydroxylation is 2. The molecule has 3 heterocycles. The first-order valence-corrected chi connectivity index (χ1v) is 11.5. The highest BCUT2D eigenvalue weighted by atomic mass is 35.5. The lowest BCUT2D eigenvalue weighted by atomic mass is 10.0. The second-order valence-electron chi connectivity index (χ2n) is 7.77. The molecule has 0 amide bonds. The first-order valence-electron chi connectivity index (χ1n) is 10.3. The largest absolute Gasteiger partial charge is 0.368 e. The van der Waals surface area contributed by atoms with Gasteiger partial charge >= 0.3 is 0 Å². The number of nitrogens with zero attached hydrogens (tertiary/aromatic N) is 4. The third-order valence-electron chi connectivity index (χ3n) is 5.71. The van der Waals surface area contributed by atoms with Gasteiger partial charge in [0.2, 0.25) is 0 Å². The van der Waals surface area contributed by atoms with Crippen molar-refractivity contribution in [1.29, 1.82) is 0 Å². The Hall–Kier alpha value is -2.70. The summed E-state index contributed by atoms with van der Waals surface area (Å²) in [5, 5.41) is 1.82. The molecule has 158 valence electrons. The number of rotatable bonds is 3. The maximum Gasteiger partial charge on any atom is 0.141 e. The van der Waals surface area contributed by atoms with Crippen molar-refractivity contribution in [3.05, 3.63) is 70.1 Å². The first kappa shape index (κ1) is 20.2. The average Bonchev–Trinajstić information content (AvgIpc) is 3.09. The fourth-order valence-corrected chi connectivity index (χ4v) is 5.51. The Bertz CT molecular complexity index is 1250. The van der Waals surface area contributed by atoms with Crippen LogP contribution in [0.5, 0.6) is 0 Å². The Kier molecular flexibility index (Phi) is 5.28. The topological polar surface area (TPSA) is 32.3 Å². The van der Waals surface area contributed by atoms with E-state index in [1.54, 1.807) is 11.3 Å². The van der Waals surface area contributed by atoms with Gasteiger partial charge in [0.15, 0.2) is 0 Å². The van der Waals surface area contributed by atoms with Crippen molar-refractivity contribution in [2.75, 3.05) is 36.0 Å². The summed E-state index contributed by atoms with van der Waals surface area (Å²) >= 11 is 7.86. The van der Waals surface area contributed by atoms with Gasteiger partial charge in [-0.25, -0.2) is 14.4 Å². The lowest BCUT2D eigenvalue weighted by molar-refractivity contribution is 0.628. The van der Waals surface area contributed by atoms with Gasteiger partial charge in [0, 0.05) is 47.3 Å². The molecule has 0 atom stereocenters. The van der Waals surface area contributed by atoms with Crippen LogP contribution in [-0.4, -0.2) is 36.1 Å². The zero-order chi connectivity index (χ0) is 21.5. The van der Waals surface area contributed by atoms with Crippen molar-refractivity contribution in [2.45, 2.75) is 13.8 Å². The lowest BCUT2D eigenvalue weighted by Gasteiger charge is -2.37. The molecule has 0 bridgehead atoms. The Morgan fingerprint density at radius 1 is 0.935 bits per heavy atom. The Morgan fingerprint density at radius 3 is 2.35 bits per heavy atom.